The van der Waals surface area contributed by atoms with E-state index in [4.69, 9.17) is 9.47 Å². The molecule has 2 aromatic rings. The first-order chi connectivity index (χ1) is 13.0. The maximum absolute atomic E-state index is 13.3. The fourth-order valence-corrected chi connectivity index (χ4v) is 4.11. The van der Waals surface area contributed by atoms with Crippen LogP contribution in [-0.4, -0.2) is 47.4 Å². The van der Waals surface area contributed by atoms with E-state index < -0.39 is 0 Å². The minimum atomic E-state index is -0.119. The fourth-order valence-electron chi connectivity index (χ4n) is 3.31. The van der Waals surface area contributed by atoms with Gasteiger partial charge >= 0.3 is 0 Å². The van der Waals surface area contributed by atoms with Crippen LogP contribution >= 0.6 is 15.9 Å². The van der Waals surface area contributed by atoms with Gasteiger partial charge in [-0.05, 0) is 40.8 Å². The standard InChI is InChI=1S/C20H26BrN3O3/c1-13(2)18-17(21)19(23-22-18)20(25)24(12-15-8-6-10-27-15)11-14-7-4-5-9-16(14)26-3/h4-5,7,9,13,15H,6,8,10-12H2,1-3H3,(H,22,23). The van der Waals surface area contributed by atoms with Crippen molar-refractivity contribution < 1.29 is 14.3 Å². The first kappa shape index (κ1) is 19.9. The van der Waals surface area contributed by atoms with Crippen LogP contribution in [0.4, 0.5) is 0 Å². The van der Waals surface area contributed by atoms with Crippen molar-refractivity contribution in [2.24, 2.45) is 0 Å². The number of methoxy groups -OCH3 is 1. The maximum atomic E-state index is 13.3. The molecular weight excluding hydrogens is 410 g/mol. The van der Waals surface area contributed by atoms with Gasteiger partial charge in [0.05, 0.1) is 23.4 Å². The highest BCUT2D eigenvalue weighted by Gasteiger charge is 2.28. The summed E-state index contributed by atoms with van der Waals surface area (Å²) in [6.07, 6.45) is 2.06. The molecule has 0 radical (unpaired) electrons. The van der Waals surface area contributed by atoms with Crippen LogP contribution in [0, 0.1) is 0 Å². The normalized spacial score (nSPS) is 16.7. The summed E-state index contributed by atoms with van der Waals surface area (Å²) in [6, 6.07) is 7.76. The van der Waals surface area contributed by atoms with E-state index in [0.717, 1.165) is 40.9 Å². The Morgan fingerprint density at radius 3 is 2.85 bits per heavy atom. The summed E-state index contributed by atoms with van der Waals surface area (Å²) in [5, 5.41) is 7.27. The highest BCUT2D eigenvalue weighted by molar-refractivity contribution is 9.10. The Balaban J connectivity index is 1.88. The second-order valence-corrected chi connectivity index (χ2v) is 7.88. The van der Waals surface area contributed by atoms with Crippen LogP contribution in [-0.2, 0) is 11.3 Å². The van der Waals surface area contributed by atoms with Crippen LogP contribution in [0.3, 0.4) is 0 Å². The van der Waals surface area contributed by atoms with Crippen molar-refractivity contribution in [1.82, 2.24) is 15.1 Å². The van der Waals surface area contributed by atoms with Crippen LogP contribution in [0.15, 0.2) is 28.7 Å². The molecule has 1 atom stereocenters. The number of hydrogen-bond donors (Lipinski definition) is 1. The summed E-state index contributed by atoms with van der Waals surface area (Å²) in [5.41, 5.74) is 2.29. The minimum absolute atomic E-state index is 0.0611. The Morgan fingerprint density at radius 1 is 1.44 bits per heavy atom. The molecule has 1 aromatic heterocycles. The second-order valence-electron chi connectivity index (χ2n) is 7.09. The Bertz CT molecular complexity index is 785. The summed E-state index contributed by atoms with van der Waals surface area (Å²) < 4.78 is 12.0. The number of halogens is 1. The molecule has 3 rings (SSSR count). The molecular formula is C20H26BrN3O3. The number of nitrogens with zero attached hydrogens (tertiary/aromatic N) is 2. The van der Waals surface area contributed by atoms with Crippen molar-refractivity contribution in [3.63, 3.8) is 0 Å². The summed E-state index contributed by atoms with van der Waals surface area (Å²) in [4.78, 5) is 15.1. The molecule has 1 N–H and O–H groups in total. The summed E-state index contributed by atoms with van der Waals surface area (Å²) in [5.74, 6) is 0.896. The van der Waals surface area contributed by atoms with Gasteiger partial charge in [0.2, 0.25) is 0 Å². The number of benzene rings is 1. The maximum Gasteiger partial charge on any atom is 0.275 e. The van der Waals surface area contributed by atoms with Gasteiger partial charge in [-0.2, -0.15) is 5.10 Å². The third-order valence-corrected chi connectivity index (χ3v) is 5.60. The average Bonchev–Trinajstić information content (AvgIpc) is 3.30. The van der Waals surface area contributed by atoms with Crippen LogP contribution in [0.2, 0.25) is 0 Å². The quantitative estimate of drug-likeness (QED) is 0.709. The molecule has 1 aliphatic rings. The van der Waals surface area contributed by atoms with E-state index in [1.807, 2.05) is 24.3 Å². The van der Waals surface area contributed by atoms with E-state index in [1.54, 1.807) is 12.0 Å². The molecule has 1 fully saturated rings. The number of nitrogens with one attached hydrogen (secondary N) is 1. The number of amides is 1. The lowest BCUT2D eigenvalue weighted by Gasteiger charge is -2.26. The number of H-pyrrole nitrogens is 1. The molecule has 0 spiro atoms. The van der Waals surface area contributed by atoms with Gasteiger partial charge in [0.25, 0.3) is 5.91 Å². The van der Waals surface area contributed by atoms with Crippen molar-refractivity contribution in [1.29, 1.82) is 0 Å². The third kappa shape index (κ3) is 4.52. The molecule has 7 heteroatoms. The number of aromatic amines is 1. The lowest BCUT2D eigenvalue weighted by atomic mass is 10.1. The Labute approximate surface area is 168 Å². The van der Waals surface area contributed by atoms with E-state index in [2.05, 4.69) is 40.0 Å². The first-order valence-electron chi connectivity index (χ1n) is 9.27. The van der Waals surface area contributed by atoms with Crippen LogP contribution < -0.4 is 4.74 Å². The minimum Gasteiger partial charge on any atom is -0.496 e. The van der Waals surface area contributed by atoms with E-state index in [-0.39, 0.29) is 17.9 Å². The summed E-state index contributed by atoms with van der Waals surface area (Å²) in [6.45, 7) is 5.86. The van der Waals surface area contributed by atoms with Gasteiger partial charge in [0.15, 0.2) is 5.69 Å². The smallest absolute Gasteiger partial charge is 0.275 e. The van der Waals surface area contributed by atoms with Gasteiger partial charge in [0, 0.05) is 25.3 Å². The zero-order chi connectivity index (χ0) is 19.4. The number of ether oxygens (including phenoxy) is 2. The van der Waals surface area contributed by atoms with Crippen molar-refractivity contribution in [2.75, 3.05) is 20.3 Å². The van der Waals surface area contributed by atoms with E-state index >= 15 is 0 Å². The molecule has 1 saturated heterocycles. The molecule has 1 unspecified atom stereocenters. The number of rotatable bonds is 7. The number of hydrogen-bond acceptors (Lipinski definition) is 4. The van der Waals surface area contributed by atoms with Gasteiger partial charge in [-0.1, -0.05) is 32.0 Å². The molecule has 1 aromatic carbocycles. The summed E-state index contributed by atoms with van der Waals surface area (Å²) in [7, 11) is 1.64. The van der Waals surface area contributed by atoms with Crippen molar-refractivity contribution in [2.45, 2.75) is 45.3 Å². The van der Waals surface area contributed by atoms with E-state index in [0.29, 0.717) is 18.8 Å². The van der Waals surface area contributed by atoms with Gasteiger partial charge < -0.3 is 14.4 Å². The van der Waals surface area contributed by atoms with Crippen LogP contribution in [0.25, 0.3) is 0 Å². The van der Waals surface area contributed by atoms with Gasteiger partial charge in [-0.3, -0.25) is 9.89 Å². The Morgan fingerprint density at radius 2 is 2.22 bits per heavy atom. The molecule has 2 heterocycles. The molecule has 0 bridgehead atoms. The molecule has 27 heavy (non-hydrogen) atoms. The number of carbonyl (C=O) groups excluding carboxylic acids is 1. The predicted octanol–water partition coefficient (Wildman–Crippen LogP) is 4.13. The molecule has 1 amide bonds. The SMILES string of the molecule is COc1ccccc1CN(CC1CCCO1)C(=O)c1n[nH]c(C(C)C)c1Br. The van der Waals surface area contributed by atoms with Gasteiger partial charge in [-0.15, -0.1) is 0 Å². The van der Waals surface area contributed by atoms with E-state index in [1.165, 1.54) is 0 Å². The largest absolute Gasteiger partial charge is 0.496 e. The number of para-hydroxylation sites is 1. The molecule has 0 saturated carbocycles. The predicted molar refractivity (Wildman–Crippen MR) is 107 cm³/mol. The van der Waals surface area contributed by atoms with Gasteiger partial charge in [-0.25, -0.2) is 0 Å². The van der Waals surface area contributed by atoms with Gasteiger partial charge in [0.1, 0.15) is 5.75 Å². The van der Waals surface area contributed by atoms with Crippen molar-refractivity contribution >= 4 is 21.8 Å². The lowest BCUT2D eigenvalue weighted by molar-refractivity contribution is 0.0500. The van der Waals surface area contributed by atoms with Crippen LogP contribution in [0.1, 0.15) is 54.4 Å². The highest BCUT2D eigenvalue weighted by atomic mass is 79.9. The second kappa shape index (κ2) is 8.89. The molecule has 1 aliphatic heterocycles. The van der Waals surface area contributed by atoms with Crippen LogP contribution in [0.5, 0.6) is 5.75 Å². The Kier molecular flexibility index (Phi) is 6.55. The molecule has 6 nitrogen and oxygen atoms in total. The monoisotopic (exact) mass is 435 g/mol. The number of carbonyl (C=O) groups is 1. The summed E-state index contributed by atoms with van der Waals surface area (Å²) >= 11 is 3.55. The molecule has 146 valence electrons. The Hall–Kier alpha value is -1.86. The average molecular weight is 436 g/mol. The first-order valence-corrected chi connectivity index (χ1v) is 10.1. The van der Waals surface area contributed by atoms with E-state index in [9.17, 15) is 4.79 Å². The highest BCUT2D eigenvalue weighted by Crippen LogP contribution is 2.28. The third-order valence-electron chi connectivity index (χ3n) is 4.80. The van der Waals surface area contributed by atoms with Crippen molar-refractivity contribution in [3.05, 3.63) is 45.7 Å². The molecule has 0 aliphatic carbocycles. The zero-order valence-electron chi connectivity index (χ0n) is 16.0. The van der Waals surface area contributed by atoms with Crippen molar-refractivity contribution in [3.8, 4) is 5.75 Å². The zero-order valence-corrected chi connectivity index (χ0v) is 17.6. The lowest BCUT2D eigenvalue weighted by Crippen LogP contribution is -2.37. The fraction of sp³-hybridized carbons (Fsp3) is 0.500. The topological polar surface area (TPSA) is 67.5 Å². The number of aromatic nitrogens is 2.